The maximum Gasteiger partial charge on any atom is 0.306 e. The zero-order valence-electron chi connectivity index (χ0n) is 37.9. The molecular weight excluding hydrogens is 773 g/mol. The summed E-state index contributed by atoms with van der Waals surface area (Å²) in [6.07, 6.45) is 8.17. The number of carbonyl (C=O) groups excluding carboxylic acids is 2. The zero-order valence-corrected chi connectivity index (χ0v) is 37.9. The SMILES string of the molecule is CCOC(=O)CC(Cn1c2c(c3cc(C)ccc31)CCN(C)CC2)c1ccc(C2Cc3c(n(CC(CC(=O)OCC)c4ccnc(C)c4)c4ccc(C)cc34)CCN2CC)nc1. The van der Waals surface area contributed by atoms with Gasteiger partial charge in [-0.1, -0.05) is 36.2 Å². The van der Waals surface area contributed by atoms with Crippen molar-refractivity contribution in [3.8, 4) is 0 Å². The standard InChI is InChI=1S/C52H64N6O4/c1-8-56-24-20-49-44(43-26-35(5)12-16-47(43)58(49)32-39(28-51(59)61-9-2)37-17-21-53-36(6)27-37)30-50(56)45-14-13-38(31-54-45)40(29-52(60)62-10-3)33-57-46-15-11-34(4)25-42(46)41-18-22-55(7)23-19-48(41)57/h11-17,21,25-27,31,39-40,50H,8-10,18-20,22-24,28-30,32-33H2,1-7H3. The number of aromatic nitrogens is 4. The molecule has 0 amide bonds. The minimum atomic E-state index is -0.180. The second-order valence-electron chi connectivity index (χ2n) is 17.7. The lowest BCUT2D eigenvalue weighted by molar-refractivity contribution is -0.144. The Morgan fingerprint density at radius 2 is 1.29 bits per heavy atom. The van der Waals surface area contributed by atoms with E-state index in [2.05, 4.69) is 106 Å². The van der Waals surface area contributed by atoms with Crippen molar-refractivity contribution in [2.24, 2.45) is 0 Å². The molecule has 62 heavy (non-hydrogen) atoms. The molecule has 0 spiro atoms. The fraction of sp³-hybridized carbons (Fsp3) is 0.462. The fourth-order valence-corrected chi connectivity index (χ4v) is 10.3. The van der Waals surface area contributed by atoms with Crippen LogP contribution in [0.3, 0.4) is 0 Å². The van der Waals surface area contributed by atoms with Gasteiger partial charge >= 0.3 is 11.9 Å². The molecule has 0 aliphatic carbocycles. The van der Waals surface area contributed by atoms with E-state index in [-0.39, 0.29) is 36.2 Å². The number of carbonyl (C=O) groups is 2. The van der Waals surface area contributed by atoms with Gasteiger partial charge in [0.2, 0.25) is 0 Å². The summed E-state index contributed by atoms with van der Waals surface area (Å²) in [4.78, 5) is 41.1. The minimum Gasteiger partial charge on any atom is -0.466 e. The van der Waals surface area contributed by atoms with E-state index in [0.717, 1.165) is 74.4 Å². The lowest BCUT2D eigenvalue weighted by atomic mass is 9.94. The molecule has 6 aromatic rings. The van der Waals surface area contributed by atoms with Crippen molar-refractivity contribution >= 4 is 33.7 Å². The molecule has 3 atom stereocenters. The molecule has 4 aromatic heterocycles. The van der Waals surface area contributed by atoms with Crippen LogP contribution >= 0.6 is 0 Å². The number of hydrogen-bond donors (Lipinski definition) is 0. The van der Waals surface area contributed by atoms with Gasteiger partial charge in [-0.15, -0.1) is 0 Å². The molecule has 0 bridgehead atoms. The maximum atomic E-state index is 13.3. The molecule has 10 heteroatoms. The smallest absolute Gasteiger partial charge is 0.306 e. The third kappa shape index (κ3) is 9.09. The van der Waals surface area contributed by atoms with Gasteiger partial charge < -0.3 is 23.5 Å². The molecule has 2 aromatic carbocycles. The van der Waals surface area contributed by atoms with Crippen molar-refractivity contribution in [2.75, 3.05) is 46.4 Å². The van der Waals surface area contributed by atoms with Crippen molar-refractivity contribution in [1.29, 1.82) is 0 Å². The summed E-state index contributed by atoms with van der Waals surface area (Å²) < 4.78 is 16.1. The minimum absolute atomic E-state index is 0.0697. The first-order valence-corrected chi connectivity index (χ1v) is 22.9. The van der Waals surface area contributed by atoms with Gasteiger partial charge in [-0.3, -0.25) is 24.5 Å². The molecule has 2 aliphatic rings. The quantitative estimate of drug-likeness (QED) is 0.101. The predicted molar refractivity (Wildman–Crippen MR) is 247 cm³/mol. The topological polar surface area (TPSA) is 94.7 Å². The average Bonchev–Trinajstić information content (AvgIpc) is 3.48. The molecule has 0 fully saturated rings. The van der Waals surface area contributed by atoms with Crippen molar-refractivity contribution in [1.82, 2.24) is 28.9 Å². The van der Waals surface area contributed by atoms with Gasteiger partial charge in [-0.05, 0) is 126 Å². The first kappa shape index (κ1) is 43.3. The van der Waals surface area contributed by atoms with Crippen LogP contribution in [0.25, 0.3) is 21.8 Å². The van der Waals surface area contributed by atoms with Gasteiger partial charge in [0, 0.05) is 109 Å². The molecule has 3 unspecified atom stereocenters. The van der Waals surface area contributed by atoms with Crippen molar-refractivity contribution in [3.63, 3.8) is 0 Å². The van der Waals surface area contributed by atoms with Crippen LogP contribution in [0, 0.1) is 20.8 Å². The van der Waals surface area contributed by atoms with Gasteiger partial charge in [-0.25, -0.2) is 0 Å². The van der Waals surface area contributed by atoms with Crippen LogP contribution in [-0.4, -0.2) is 87.3 Å². The van der Waals surface area contributed by atoms with Crippen LogP contribution < -0.4 is 0 Å². The molecular formula is C52H64N6O4. The first-order chi connectivity index (χ1) is 30.0. The summed E-state index contributed by atoms with van der Waals surface area (Å²) in [5.74, 6) is -0.530. The molecule has 0 N–H and O–H groups in total. The van der Waals surface area contributed by atoms with E-state index < -0.39 is 0 Å². The number of pyridine rings is 2. The molecule has 0 radical (unpaired) electrons. The molecule has 6 heterocycles. The van der Waals surface area contributed by atoms with E-state index in [0.29, 0.717) is 32.7 Å². The molecule has 8 rings (SSSR count). The summed E-state index contributed by atoms with van der Waals surface area (Å²) in [5, 5.41) is 2.61. The van der Waals surface area contributed by atoms with E-state index in [1.54, 1.807) is 0 Å². The van der Waals surface area contributed by atoms with E-state index in [4.69, 9.17) is 14.5 Å². The van der Waals surface area contributed by atoms with Crippen LogP contribution in [0.1, 0.15) is 108 Å². The molecule has 0 saturated heterocycles. The van der Waals surface area contributed by atoms with Crippen molar-refractivity contribution < 1.29 is 19.1 Å². The van der Waals surface area contributed by atoms with Crippen LogP contribution in [0.15, 0.2) is 73.1 Å². The van der Waals surface area contributed by atoms with Crippen LogP contribution in [-0.2, 0) is 57.8 Å². The average molecular weight is 837 g/mol. The summed E-state index contributed by atoms with van der Waals surface area (Å²) in [6, 6.07) is 22.3. The number of likely N-dealkylation sites (N-methyl/N-ethyl adjacent to an activating group) is 2. The summed E-state index contributed by atoms with van der Waals surface area (Å²) in [7, 11) is 2.21. The molecule has 10 nitrogen and oxygen atoms in total. The molecule has 0 saturated carbocycles. The molecule has 326 valence electrons. The number of esters is 2. The highest BCUT2D eigenvalue weighted by Crippen LogP contribution is 2.39. The summed E-state index contributed by atoms with van der Waals surface area (Å²) >= 11 is 0. The van der Waals surface area contributed by atoms with E-state index in [1.165, 1.54) is 55.4 Å². The largest absolute Gasteiger partial charge is 0.466 e. The monoisotopic (exact) mass is 836 g/mol. The van der Waals surface area contributed by atoms with Crippen LogP contribution in [0.2, 0.25) is 0 Å². The maximum absolute atomic E-state index is 13.3. The van der Waals surface area contributed by atoms with Gasteiger partial charge in [0.25, 0.3) is 0 Å². The van der Waals surface area contributed by atoms with E-state index in [1.807, 2.05) is 39.2 Å². The van der Waals surface area contributed by atoms with Crippen molar-refractivity contribution in [3.05, 3.63) is 129 Å². The predicted octanol–water partition coefficient (Wildman–Crippen LogP) is 8.98. The van der Waals surface area contributed by atoms with Gasteiger partial charge in [0.05, 0.1) is 37.8 Å². The van der Waals surface area contributed by atoms with E-state index in [9.17, 15) is 9.59 Å². The lowest BCUT2D eigenvalue weighted by Gasteiger charge is -2.29. The third-order valence-corrected chi connectivity index (χ3v) is 13.5. The Labute approximate surface area is 367 Å². The Bertz CT molecular complexity index is 2550. The highest BCUT2D eigenvalue weighted by molar-refractivity contribution is 5.87. The fourth-order valence-electron chi connectivity index (χ4n) is 10.3. The number of hydrogen-bond acceptors (Lipinski definition) is 8. The van der Waals surface area contributed by atoms with Crippen LogP contribution in [0.4, 0.5) is 0 Å². The third-order valence-electron chi connectivity index (χ3n) is 13.5. The Morgan fingerprint density at radius 1 is 0.694 bits per heavy atom. The number of ether oxygens (including phenoxy) is 2. The van der Waals surface area contributed by atoms with Crippen LogP contribution in [0.5, 0.6) is 0 Å². The van der Waals surface area contributed by atoms with Gasteiger partial charge in [0.15, 0.2) is 0 Å². The lowest BCUT2D eigenvalue weighted by Crippen LogP contribution is -2.31. The highest BCUT2D eigenvalue weighted by atomic mass is 16.5. The van der Waals surface area contributed by atoms with Gasteiger partial charge in [0.1, 0.15) is 0 Å². The number of rotatable bonds is 14. The highest BCUT2D eigenvalue weighted by Gasteiger charge is 2.32. The normalized spacial score (nSPS) is 17.0. The summed E-state index contributed by atoms with van der Waals surface area (Å²) in [6.45, 7) is 18.2. The Hall–Kier alpha value is -5.32. The number of nitrogens with zero attached hydrogens (tertiary/aromatic N) is 6. The Kier molecular flexibility index (Phi) is 13.3. The zero-order chi connectivity index (χ0) is 43.5. The number of benzene rings is 2. The molecule has 2 aliphatic heterocycles. The second-order valence-corrected chi connectivity index (χ2v) is 17.7. The number of aryl methyl sites for hydroxylation is 3. The summed E-state index contributed by atoms with van der Waals surface area (Å²) in [5.41, 5.74) is 14.6. The van der Waals surface area contributed by atoms with Crippen molar-refractivity contribution in [2.45, 2.75) is 111 Å². The Balaban J connectivity index is 1.14. The second kappa shape index (κ2) is 19.0. The first-order valence-electron chi connectivity index (χ1n) is 22.9. The van der Waals surface area contributed by atoms with E-state index >= 15 is 0 Å². The number of fused-ring (bicyclic) bond motifs is 6. The Morgan fingerprint density at radius 3 is 1.89 bits per heavy atom. The van der Waals surface area contributed by atoms with Gasteiger partial charge in [-0.2, -0.15) is 0 Å².